The Balaban J connectivity index is 2.29. The van der Waals surface area contributed by atoms with Crippen LogP contribution in [0, 0.1) is 0 Å². The largest absolute Gasteiger partial charge is 0.416 e. The Kier molecular flexibility index (Phi) is 4.32. The lowest BCUT2D eigenvalue weighted by atomic mass is 10.0. The van der Waals surface area contributed by atoms with Crippen molar-refractivity contribution in [3.8, 4) is 0 Å². The molecule has 4 nitrogen and oxygen atoms in total. The molecule has 0 aromatic heterocycles. The second-order valence-corrected chi connectivity index (χ2v) is 7.27. The number of alkyl halides is 3. The fraction of sp³-hybridized carbons (Fsp3) is 0.538. The lowest BCUT2D eigenvalue weighted by Crippen LogP contribution is -2.39. The van der Waals surface area contributed by atoms with Gasteiger partial charge in [-0.2, -0.15) is 30.2 Å². The molecule has 0 radical (unpaired) electrons. The van der Waals surface area contributed by atoms with Crippen LogP contribution in [0.4, 0.5) is 13.2 Å². The quantitative estimate of drug-likeness (QED) is 0.858. The van der Waals surface area contributed by atoms with Gasteiger partial charge in [0.15, 0.2) is 0 Å². The standard InChI is InChI=1S/C13H17F3N2O2S/c1-17(2)21(19,20)18-9-3-4-12(18)10-5-7-11(8-6-10)13(14,15)16/h5-8,12H,3-4,9H2,1-2H3. The highest BCUT2D eigenvalue weighted by atomic mass is 32.2. The Hall–Kier alpha value is -1.12. The van der Waals surface area contributed by atoms with E-state index < -0.39 is 28.0 Å². The fourth-order valence-electron chi connectivity index (χ4n) is 2.45. The predicted molar refractivity (Wildman–Crippen MR) is 72.7 cm³/mol. The zero-order valence-electron chi connectivity index (χ0n) is 11.8. The monoisotopic (exact) mass is 322 g/mol. The molecule has 1 unspecified atom stereocenters. The van der Waals surface area contributed by atoms with Crippen molar-refractivity contribution in [3.05, 3.63) is 35.4 Å². The Morgan fingerprint density at radius 3 is 2.24 bits per heavy atom. The molecule has 1 aliphatic rings. The molecule has 1 fully saturated rings. The summed E-state index contributed by atoms with van der Waals surface area (Å²) in [7, 11) is -0.684. The van der Waals surface area contributed by atoms with Gasteiger partial charge in [0.2, 0.25) is 0 Å². The molecule has 0 N–H and O–H groups in total. The molecule has 21 heavy (non-hydrogen) atoms. The molecule has 0 aliphatic carbocycles. The third-order valence-corrected chi connectivity index (χ3v) is 5.54. The average molecular weight is 322 g/mol. The SMILES string of the molecule is CN(C)S(=O)(=O)N1CCCC1c1ccc(C(F)(F)F)cc1. The maximum absolute atomic E-state index is 12.6. The minimum absolute atomic E-state index is 0.381. The number of halogens is 3. The summed E-state index contributed by atoms with van der Waals surface area (Å²) >= 11 is 0. The number of hydrogen-bond acceptors (Lipinski definition) is 2. The topological polar surface area (TPSA) is 40.6 Å². The second-order valence-electron chi connectivity index (χ2n) is 5.18. The zero-order chi connectivity index (χ0) is 15.8. The van der Waals surface area contributed by atoms with E-state index in [1.54, 1.807) is 0 Å². The summed E-state index contributed by atoms with van der Waals surface area (Å²) in [6.45, 7) is 0.381. The summed E-state index contributed by atoms with van der Waals surface area (Å²) in [6, 6.07) is 4.30. The van der Waals surface area contributed by atoms with Crippen LogP contribution >= 0.6 is 0 Å². The van der Waals surface area contributed by atoms with Gasteiger partial charge in [-0.3, -0.25) is 0 Å². The molecule has 1 aromatic rings. The van der Waals surface area contributed by atoms with E-state index in [0.717, 1.165) is 16.4 Å². The number of hydrogen-bond donors (Lipinski definition) is 0. The van der Waals surface area contributed by atoms with Gasteiger partial charge in [0.25, 0.3) is 10.2 Å². The van der Waals surface area contributed by atoms with E-state index in [9.17, 15) is 21.6 Å². The summed E-state index contributed by atoms with van der Waals surface area (Å²) < 4.78 is 64.6. The Morgan fingerprint density at radius 1 is 1.19 bits per heavy atom. The molecule has 0 spiro atoms. The molecule has 1 atom stereocenters. The van der Waals surface area contributed by atoms with Gasteiger partial charge in [0, 0.05) is 20.6 Å². The van der Waals surface area contributed by atoms with Crippen molar-refractivity contribution in [1.29, 1.82) is 0 Å². The smallest absolute Gasteiger partial charge is 0.195 e. The Bertz CT molecular complexity index is 597. The van der Waals surface area contributed by atoms with Gasteiger partial charge >= 0.3 is 6.18 Å². The number of rotatable bonds is 3. The average Bonchev–Trinajstić information content (AvgIpc) is 2.87. The van der Waals surface area contributed by atoms with Crippen LogP contribution in [0.5, 0.6) is 0 Å². The van der Waals surface area contributed by atoms with Crippen molar-refractivity contribution in [2.75, 3.05) is 20.6 Å². The van der Waals surface area contributed by atoms with Crippen LogP contribution in [0.15, 0.2) is 24.3 Å². The highest BCUT2D eigenvalue weighted by Crippen LogP contribution is 2.36. The first-order valence-electron chi connectivity index (χ1n) is 6.50. The summed E-state index contributed by atoms with van der Waals surface area (Å²) in [5, 5.41) is 0. The highest BCUT2D eigenvalue weighted by Gasteiger charge is 2.37. The van der Waals surface area contributed by atoms with Crippen molar-refractivity contribution in [1.82, 2.24) is 8.61 Å². The van der Waals surface area contributed by atoms with Crippen molar-refractivity contribution >= 4 is 10.2 Å². The maximum Gasteiger partial charge on any atom is 0.416 e. The first-order chi connectivity index (χ1) is 9.64. The van der Waals surface area contributed by atoms with Gasteiger partial charge in [-0.1, -0.05) is 12.1 Å². The fourth-order valence-corrected chi connectivity index (χ4v) is 3.78. The minimum atomic E-state index is -4.39. The third kappa shape index (κ3) is 3.22. The van der Waals surface area contributed by atoms with Crippen LogP contribution in [0.1, 0.15) is 30.0 Å². The van der Waals surface area contributed by atoms with Crippen LogP contribution < -0.4 is 0 Å². The second kappa shape index (κ2) is 5.58. The molecule has 2 rings (SSSR count). The molecular formula is C13H17F3N2O2S. The summed E-state index contributed by atoms with van der Waals surface area (Å²) in [6.07, 6.45) is -3.08. The van der Waals surface area contributed by atoms with E-state index in [1.165, 1.54) is 30.5 Å². The van der Waals surface area contributed by atoms with E-state index in [2.05, 4.69) is 0 Å². The lowest BCUT2D eigenvalue weighted by Gasteiger charge is -2.27. The van der Waals surface area contributed by atoms with Crippen molar-refractivity contribution in [3.63, 3.8) is 0 Å². The van der Waals surface area contributed by atoms with Crippen molar-refractivity contribution in [2.45, 2.75) is 25.1 Å². The van der Waals surface area contributed by atoms with E-state index in [1.807, 2.05) is 0 Å². The normalized spacial score (nSPS) is 21.1. The van der Waals surface area contributed by atoms with Gasteiger partial charge in [-0.25, -0.2) is 0 Å². The van der Waals surface area contributed by atoms with Crippen LogP contribution in [-0.2, 0) is 16.4 Å². The molecule has 1 aliphatic heterocycles. The molecule has 0 amide bonds. The zero-order valence-corrected chi connectivity index (χ0v) is 12.6. The van der Waals surface area contributed by atoms with Gasteiger partial charge in [0.1, 0.15) is 0 Å². The summed E-state index contributed by atoms with van der Waals surface area (Å²) in [5.41, 5.74) is -0.141. The first kappa shape index (κ1) is 16.3. The number of nitrogens with zero attached hydrogens (tertiary/aromatic N) is 2. The molecule has 1 heterocycles. The number of benzene rings is 1. The third-order valence-electron chi connectivity index (χ3n) is 3.58. The minimum Gasteiger partial charge on any atom is -0.195 e. The molecular weight excluding hydrogens is 305 g/mol. The van der Waals surface area contributed by atoms with Gasteiger partial charge in [0.05, 0.1) is 11.6 Å². The van der Waals surface area contributed by atoms with Crippen molar-refractivity contribution in [2.24, 2.45) is 0 Å². The molecule has 1 aromatic carbocycles. The van der Waals surface area contributed by atoms with Crippen LogP contribution in [0.3, 0.4) is 0 Å². The molecule has 1 saturated heterocycles. The van der Waals surface area contributed by atoms with Crippen LogP contribution in [-0.4, -0.2) is 37.7 Å². The van der Waals surface area contributed by atoms with Gasteiger partial charge in [-0.15, -0.1) is 0 Å². The van der Waals surface area contributed by atoms with Gasteiger partial charge in [-0.05, 0) is 30.5 Å². The van der Waals surface area contributed by atoms with Crippen LogP contribution in [0.2, 0.25) is 0 Å². The first-order valence-corrected chi connectivity index (χ1v) is 7.90. The molecule has 118 valence electrons. The van der Waals surface area contributed by atoms with E-state index in [4.69, 9.17) is 0 Å². The summed E-state index contributed by atoms with van der Waals surface area (Å²) in [4.78, 5) is 0. The van der Waals surface area contributed by atoms with Crippen LogP contribution in [0.25, 0.3) is 0 Å². The van der Waals surface area contributed by atoms with Gasteiger partial charge < -0.3 is 0 Å². The Labute approximate surface area is 122 Å². The molecule has 0 saturated carbocycles. The Morgan fingerprint density at radius 2 is 1.76 bits per heavy atom. The molecule has 0 bridgehead atoms. The predicted octanol–water partition coefficient (Wildman–Crippen LogP) is 2.65. The van der Waals surface area contributed by atoms with E-state index in [-0.39, 0.29) is 0 Å². The van der Waals surface area contributed by atoms with Crippen molar-refractivity contribution < 1.29 is 21.6 Å². The summed E-state index contributed by atoms with van der Waals surface area (Å²) in [5.74, 6) is 0. The lowest BCUT2D eigenvalue weighted by molar-refractivity contribution is -0.137. The maximum atomic E-state index is 12.6. The van der Waals surface area contributed by atoms with E-state index >= 15 is 0 Å². The van der Waals surface area contributed by atoms with E-state index in [0.29, 0.717) is 24.9 Å². The highest BCUT2D eigenvalue weighted by molar-refractivity contribution is 7.86. The molecule has 8 heteroatoms.